The summed E-state index contributed by atoms with van der Waals surface area (Å²) >= 11 is 0. The zero-order chi connectivity index (χ0) is 10.3. The van der Waals surface area contributed by atoms with Gasteiger partial charge in [0.05, 0.1) is 0 Å². The van der Waals surface area contributed by atoms with E-state index in [9.17, 15) is 13.7 Å². The van der Waals surface area contributed by atoms with Crippen molar-refractivity contribution in [3.63, 3.8) is 0 Å². The highest BCUT2D eigenvalue weighted by Gasteiger charge is 2.56. The zero-order valence-electron chi connectivity index (χ0n) is 6.32. The number of rotatable bonds is 4. The zero-order valence-corrected chi connectivity index (χ0v) is 9.10. The van der Waals surface area contributed by atoms with Crippen molar-refractivity contribution in [1.82, 2.24) is 0 Å². The molecule has 11 heteroatoms. The van der Waals surface area contributed by atoms with Crippen LogP contribution >= 0.6 is 23.7 Å². The summed E-state index contributed by atoms with van der Waals surface area (Å²) in [7, 11) is -11.9. The van der Waals surface area contributed by atoms with Gasteiger partial charge in [0.1, 0.15) is 0 Å². The summed E-state index contributed by atoms with van der Waals surface area (Å²) in [5.41, 5.74) is 0. The molecule has 13 heavy (non-hydrogen) atoms. The molecule has 0 aliphatic carbocycles. The van der Waals surface area contributed by atoms with Gasteiger partial charge in [0, 0.05) is 0 Å². The van der Waals surface area contributed by atoms with E-state index in [4.69, 9.17) is 9.79 Å². The predicted molar refractivity (Wildman–Crippen MR) is 41.4 cm³/mol. The minimum atomic E-state index is -4.75. The van der Waals surface area contributed by atoms with E-state index >= 15 is 0 Å². The van der Waals surface area contributed by atoms with Gasteiger partial charge in [0.15, 0.2) is 5.85 Å². The van der Waals surface area contributed by atoms with Crippen LogP contribution in [0.3, 0.4) is 0 Å². The SMILES string of the molecule is C[C@H]1OP1(=O)OP(=O)(O)O[PH](=O)O. The number of phosphoric acid groups is 1. The molecule has 1 rings (SSSR count). The van der Waals surface area contributed by atoms with Gasteiger partial charge in [-0.1, -0.05) is 0 Å². The van der Waals surface area contributed by atoms with Crippen molar-refractivity contribution in [3.05, 3.63) is 0 Å². The molecule has 0 saturated carbocycles. The molecule has 1 aliphatic heterocycles. The van der Waals surface area contributed by atoms with E-state index in [0.717, 1.165) is 0 Å². The Labute approximate surface area is 73.9 Å². The fraction of sp³-hybridized carbons (Fsp3) is 1.00. The molecule has 0 amide bonds. The van der Waals surface area contributed by atoms with Crippen molar-refractivity contribution in [1.29, 1.82) is 0 Å². The van der Waals surface area contributed by atoms with Crippen molar-refractivity contribution in [2.75, 3.05) is 0 Å². The fourth-order valence-electron chi connectivity index (χ4n) is 0.530. The van der Waals surface area contributed by atoms with E-state index in [1.54, 1.807) is 0 Å². The Balaban J connectivity index is 2.58. The quantitative estimate of drug-likeness (QED) is 0.562. The highest BCUT2D eigenvalue weighted by molar-refractivity contribution is 7.70. The number of hydrogen-bond donors (Lipinski definition) is 2. The van der Waals surface area contributed by atoms with Crippen LogP contribution in [0.25, 0.3) is 0 Å². The third-order valence-corrected chi connectivity index (χ3v) is 5.79. The Morgan fingerprint density at radius 2 is 2.15 bits per heavy atom. The first-order valence-corrected chi connectivity index (χ1v) is 7.37. The summed E-state index contributed by atoms with van der Waals surface area (Å²) in [6.45, 7) is 1.36. The van der Waals surface area contributed by atoms with E-state index in [-0.39, 0.29) is 0 Å². The lowest BCUT2D eigenvalue weighted by atomic mass is 10.9. The Bertz CT molecular complexity index is 321. The topological polar surface area (TPSA) is 123 Å². The predicted octanol–water partition coefficient (Wildman–Crippen LogP) is 1.07. The minimum absolute atomic E-state index is 0.780. The van der Waals surface area contributed by atoms with E-state index in [1.165, 1.54) is 6.92 Å². The highest BCUT2D eigenvalue weighted by atomic mass is 31.3. The van der Waals surface area contributed by atoms with Crippen molar-refractivity contribution < 1.29 is 36.6 Å². The molecule has 0 bridgehead atoms. The van der Waals surface area contributed by atoms with Crippen molar-refractivity contribution >= 4 is 23.7 Å². The second-order valence-corrected chi connectivity index (χ2v) is 7.02. The van der Waals surface area contributed by atoms with Gasteiger partial charge in [0.25, 0.3) is 0 Å². The molecule has 0 aromatic rings. The Morgan fingerprint density at radius 3 is 2.46 bits per heavy atom. The Morgan fingerprint density at radius 1 is 1.69 bits per heavy atom. The molecule has 4 atom stereocenters. The third kappa shape index (κ3) is 3.27. The molecule has 2 N–H and O–H groups in total. The van der Waals surface area contributed by atoms with E-state index in [0.29, 0.717) is 0 Å². The molecule has 1 saturated heterocycles. The summed E-state index contributed by atoms with van der Waals surface area (Å²) in [6, 6.07) is 0. The van der Waals surface area contributed by atoms with E-state index in [1.807, 2.05) is 0 Å². The Hall–Kier alpha value is 0.490. The molecule has 0 aromatic heterocycles. The van der Waals surface area contributed by atoms with Gasteiger partial charge >= 0.3 is 23.7 Å². The lowest BCUT2D eigenvalue weighted by molar-refractivity contribution is 0.278. The summed E-state index contributed by atoms with van der Waals surface area (Å²) in [4.78, 5) is 16.9. The van der Waals surface area contributed by atoms with Crippen LogP contribution in [0.2, 0.25) is 0 Å². The average molecular weight is 252 g/mol. The van der Waals surface area contributed by atoms with Crippen LogP contribution in [0, 0.1) is 0 Å². The summed E-state index contributed by atoms with van der Waals surface area (Å²) in [6.07, 6.45) is 0. The van der Waals surface area contributed by atoms with Crippen LogP contribution in [0.4, 0.5) is 0 Å². The first-order chi connectivity index (χ1) is 5.75. The minimum Gasteiger partial charge on any atom is -0.326 e. The smallest absolute Gasteiger partial charge is 0.326 e. The molecule has 3 unspecified atom stereocenters. The molecule has 8 nitrogen and oxygen atoms in total. The second kappa shape index (κ2) is 3.57. The molecule has 78 valence electrons. The van der Waals surface area contributed by atoms with E-state index in [2.05, 4.69) is 13.1 Å². The summed E-state index contributed by atoms with van der Waals surface area (Å²) < 4.78 is 43.9. The average Bonchev–Trinajstić information content (AvgIpc) is 2.31. The fourth-order valence-corrected chi connectivity index (χ4v) is 4.19. The van der Waals surface area contributed by atoms with Crippen LogP contribution in [0.15, 0.2) is 0 Å². The van der Waals surface area contributed by atoms with Crippen LogP contribution in [-0.4, -0.2) is 15.6 Å². The van der Waals surface area contributed by atoms with Gasteiger partial charge in [-0.2, -0.15) is 0 Å². The van der Waals surface area contributed by atoms with Gasteiger partial charge in [-0.15, -0.1) is 0 Å². The number of hydrogen-bond acceptors (Lipinski definition) is 6. The van der Waals surface area contributed by atoms with Gasteiger partial charge in [-0.05, 0) is 6.92 Å². The lowest BCUT2D eigenvalue weighted by Gasteiger charge is -2.06. The first kappa shape index (κ1) is 11.6. The Kier molecular flexibility index (Phi) is 3.18. The summed E-state index contributed by atoms with van der Waals surface area (Å²) in [5.74, 6) is -0.780. The monoisotopic (exact) mass is 252 g/mol. The maximum atomic E-state index is 11.0. The molecule has 0 radical (unpaired) electrons. The molecule has 0 aromatic carbocycles. The second-order valence-electron chi connectivity index (χ2n) is 2.15. The van der Waals surface area contributed by atoms with Crippen molar-refractivity contribution in [3.8, 4) is 0 Å². The van der Waals surface area contributed by atoms with Crippen LogP contribution in [0.1, 0.15) is 6.92 Å². The normalized spacial score (nSPS) is 39.5. The summed E-state index contributed by atoms with van der Waals surface area (Å²) in [5, 5.41) is 0. The molecule has 1 fully saturated rings. The van der Waals surface area contributed by atoms with Crippen LogP contribution in [0.5, 0.6) is 0 Å². The van der Waals surface area contributed by atoms with Gasteiger partial charge < -0.3 is 9.79 Å². The highest BCUT2D eigenvalue weighted by Crippen LogP contribution is 2.77. The van der Waals surface area contributed by atoms with Gasteiger partial charge in [-0.3, -0.25) is 13.7 Å². The molecule has 0 spiro atoms. The van der Waals surface area contributed by atoms with E-state index < -0.39 is 29.5 Å². The van der Waals surface area contributed by atoms with Crippen LogP contribution < -0.4 is 0 Å². The largest absolute Gasteiger partial charge is 0.486 e. The van der Waals surface area contributed by atoms with Crippen molar-refractivity contribution in [2.24, 2.45) is 0 Å². The standard InChI is InChI=1S/C2H7O8P3/c1-2-8-12(2,5)10-13(6,7)9-11(3)4/h2,11H,1H3,(H,3,4)(H,6,7)/t2-,12?/m0/s1. The molecule has 1 heterocycles. The first-order valence-electron chi connectivity index (χ1n) is 3.00. The third-order valence-electron chi connectivity index (χ3n) is 1.11. The van der Waals surface area contributed by atoms with Gasteiger partial charge in [0.2, 0.25) is 0 Å². The van der Waals surface area contributed by atoms with Gasteiger partial charge in [-0.25, -0.2) is 13.2 Å². The lowest BCUT2D eigenvalue weighted by Crippen LogP contribution is -1.83. The molecular weight excluding hydrogens is 245 g/mol. The molecule has 1 aliphatic rings. The maximum absolute atomic E-state index is 11.0. The van der Waals surface area contributed by atoms with Crippen LogP contribution in [-0.2, 0) is 26.8 Å². The maximum Gasteiger partial charge on any atom is 0.486 e. The molecular formula is C2H7O8P3. The van der Waals surface area contributed by atoms with Crippen molar-refractivity contribution in [2.45, 2.75) is 12.8 Å².